The number of hydrogen-bond donors (Lipinski definition) is 2. The van der Waals surface area contributed by atoms with Gasteiger partial charge in [-0.05, 0) is 57.2 Å². The Morgan fingerprint density at radius 3 is 2.43 bits per heavy atom. The fourth-order valence-corrected chi connectivity index (χ4v) is 4.43. The molecule has 1 saturated heterocycles. The first kappa shape index (κ1) is 19.2. The molecule has 126 valence electrons. The summed E-state index contributed by atoms with van der Waals surface area (Å²) >= 11 is 1.87. The Morgan fingerprint density at radius 2 is 1.81 bits per heavy atom. The van der Waals surface area contributed by atoms with Crippen molar-refractivity contribution >= 4 is 22.0 Å². The molecule has 2 N–H and O–H groups in total. The molecular weight excluding hydrogens is 306 g/mol. The van der Waals surface area contributed by atoms with Gasteiger partial charge in [-0.2, -0.15) is 24.5 Å². The average Bonchev–Trinajstić information content (AvgIpc) is 2.47. The molecule has 0 amide bonds. The zero-order chi connectivity index (χ0) is 15.6. The molecule has 0 aromatic heterocycles. The molecule has 0 aliphatic carbocycles. The molecule has 1 rings (SSSR count). The number of nitrogens with one attached hydrogen (secondary N) is 2. The highest BCUT2D eigenvalue weighted by Gasteiger charge is 2.27. The molecule has 5 nitrogen and oxygen atoms in total. The number of unbranched alkanes of at least 4 members (excludes halogenated alkanes) is 3. The smallest absolute Gasteiger partial charge is 0.279 e. The molecule has 1 fully saturated rings. The Bertz CT molecular complexity index is 355. The number of thioether (sulfide) groups is 1. The molecule has 0 aromatic rings. The van der Waals surface area contributed by atoms with E-state index < -0.39 is 10.2 Å². The molecular formula is C14H31N3O2S2. The van der Waals surface area contributed by atoms with Gasteiger partial charge in [0.2, 0.25) is 0 Å². The van der Waals surface area contributed by atoms with Gasteiger partial charge in [-0.1, -0.05) is 12.8 Å². The molecule has 1 aliphatic rings. The number of piperidine rings is 1. The summed E-state index contributed by atoms with van der Waals surface area (Å²) in [6, 6.07) is 0. The van der Waals surface area contributed by atoms with E-state index in [2.05, 4.69) is 16.3 Å². The van der Waals surface area contributed by atoms with Crippen LogP contribution < -0.4 is 10.0 Å². The lowest BCUT2D eigenvalue weighted by Gasteiger charge is -2.31. The van der Waals surface area contributed by atoms with Crippen LogP contribution in [0.4, 0.5) is 0 Å². The first-order chi connectivity index (χ1) is 10.1. The largest absolute Gasteiger partial charge is 0.319 e. The normalized spacial score (nSPS) is 18.2. The van der Waals surface area contributed by atoms with E-state index in [9.17, 15) is 8.42 Å². The lowest BCUT2D eigenvalue weighted by atomic mass is 9.98. The van der Waals surface area contributed by atoms with Gasteiger partial charge in [-0.15, -0.1) is 0 Å². The summed E-state index contributed by atoms with van der Waals surface area (Å²) in [6.07, 6.45) is 8.49. The van der Waals surface area contributed by atoms with Crippen molar-refractivity contribution in [2.24, 2.45) is 5.92 Å². The number of hydrogen-bond acceptors (Lipinski definition) is 4. The summed E-state index contributed by atoms with van der Waals surface area (Å²) in [4.78, 5) is 0. The van der Waals surface area contributed by atoms with E-state index in [1.165, 1.54) is 18.6 Å². The first-order valence-electron chi connectivity index (χ1n) is 7.98. The maximum Gasteiger partial charge on any atom is 0.279 e. The third-order valence-corrected chi connectivity index (χ3v) is 6.28. The van der Waals surface area contributed by atoms with Crippen LogP contribution in [0, 0.1) is 5.92 Å². The third-order valence-electron chi connectivity index (χ3n) is 3.97. The highest BCUT2D eigenvalue weighted by atomic mass is 32.2. The van der Waals surface area contributed by atoms with Crippen molar-refractivity contribution in [2.45, 2.75) is 38.5 Å². The van der Waals surface area contributed by atoms with Crippen molar-refractivity contribution in [3.63, 3.8) is 0 Å². The molecule has 0 spiro atoms. The van der Waals surface area contributed by atoms with Crippen LogP contribution in [-0.2, 0) is 10.2 Å². The summed E-state index contributed by atoms with van der Waals surface area (Å²) in [5.41, 5.74) is 0. The molecule has 0 saturated carbocycles. The van der Waals surface area contributed by atoms with Crippen molar-refractivity contribution in [3.8, 4) is 0 Å². The van der Waals surface area contributed by atoms with Crippen molar-refractivity contribution in [1.82, 2.24) is 14.3 Å². The van der Waals surface area contributed by atoms with Gasteiger partial charge in [0.05, 0.1) is 0 Å². The Labute approximate surface area is 134 Å². The van der Waals surface area contributed by atoms with Crippen LogP contribution in [0.1, 0.15) is 38.5 Å². The molecule has 0 unspecified atom stereocenters. The van der Waals surface area contributed by atoms with Gasteiger partial charge in [0.25, 0.3) is 10.2 Å². The average molecular weight is 338 g/mol. The molecule has 0 aromatic carbocycles. The number of rotatable bonds is 11. The zero-order valence-corrected chi connectivity index (χ0v) is 15.1. The van der Waals surface area contributed by atoms with Gasteiger partial charge in [0.15, 0.2) is 0 Å². The molecule has 0 radical (unpaired) electrons. The molecule has 1 aliphatic heterocycles. The Balaban J connectivity index is 2.16. The van der Waals surface area contributed by atoms with Crippen LogP contribution in [0.15, 0.2) is 0 Å². The Kier molecular flexibility index (Phi) is 9.92. The second kappa shape index (κ2) is 10.8. The predicted octanol–water partition coefficient (Wildman–Crippen LogP) is 1.68. The summed E-state index contributed by atoms with van der Waals surface area (Å²) in [6.45, 7) is 2.85. The highest BCUT2D eigenvalue weighted by molar-refractivity contribution is 7.98. The van der Waals surface area contributed by atoms with Crippen molar-refractivity contribution in [2.75, 3.05) is 45.2 Å². The fourth-order valence-electron chi connectivity index (χ4n) is 2.66. The van der Waals surface area contributed by atoms with Crippen LogP contribution in [0.3, 0.4) is 0 Å². The Hall–Kier alpha value is 0.180. The minimum Gasteiger partial charge on any atom is -0.319 e. The van der Waals surface area contributed by atoms with Gasteiger partial charge in [-0.3, -0.25) is 0 Å². The van der Waals surface area contributed by atoms with Crippen molar-refractivity contribution in [1.29, 1.82) is 0 Å². The maximum absolute atomic E-state index is 12.2. The second-order valence-corrected chi connectivity index (χ2v) is 8.45. The van der Waals surface area contributed by atoms with E-state index in [0.29, 0.717) is 25.6 Å². The standard InChI is InChI=1S/C14H31N3O2S2/c1-15-13-14-7-10-17(11-8-14)21(18,19)16-9-5-3-4-6-12-20-2/h14-16H,3-13H2,1-2H3. The maximum atomic E-state index is 12.2. The van der Waals surface area contributed by atoms with Crippen LogP contribution in [-0.4, -0.2) is 58.0 Å². The molecule has 0 bridgehead atoms. The first-order valence-corrected chi connectivity index (χ1v) is 10.8. The predicted molar refractivity (Wildman–Crippen MR) is 92.0 cm³/mol. The molecule has 0 atom stereocenters. The van der Waals surface area contributed by atoms with E-state index in [0.717, 1.165) is 32.2 Å². The molecule has 21 heavy (non-hydrogen) atoms. The van der Waals surface area contributed by atoms with Gasteiger partial charge in [-0.25, -0.2) is 4.72 Å². The van der Waals surface area contributed by atoms with E-state index in [1.54, 1.807) is 4.31 Å². The molecule has 7 heteroatoms. The van der Waals surface area contributed by atoms with E-state index in [4.69, 9.17) is 0 Å². The molecule has 1 heterocycles. The number of nitrogens with zero attached hydrogens (tertiary/aromatic N) is 1. The van der Waals surface area contributed by atoms with Crippen LogP contribution in [0.2, 0.25) is 0 Å². The van der Waals surface area contributed by atoms with Crippen LogP contribution in [0.5, 0.6) is 0 Å². The van der Waals surface area contributed by atoms with Gasteiger partial charge < -0.3 is 5.32 Å². The van der Waals surface area contributed by atoms with E-state index in [1.807, 2.05) is 18.8 Å². The topological polar surface area (TPSA) is 61.4 Å². The van der Waals surface area contributed by atoms with Gasteiger partial charge >= 0.3 is 0 Å². The zero-order valence-electron chi connectivity index (χ0n) is 13.4. The van der Waals surface area contributed by atoms with Crippen molar-refractivity contribution in [3.05, 3.63) is 0 Å². The van der Waals surface area contributed by atoms with Gasteiger partial charge in [0, 0.05) is 19.6 Å². The van der Waals surface area contributed by atoms with Gasteiger partial charge in [0.1, 0.15) is 0 Å². The van der Waals surface area contributed by atoms with E-state index in [-0.39, 0.29) is 0 Å². The highest BCUT2D eigenvalue weighted by Crippen LogP contribution is 2.18. The fraction of sp³-hybridized carbons (Fsp3) is 1.00. The summed E-state index contributed by atoms with van der Waals surface area (Å²) in [5.74, 6) is 1.81. The monoisotopic (exact) mass is 337 g/mol. The third kappa shape index (κ3) is 7.83. The lowest BCUT2D eigenvalue weighted by molar-refractivity contribution is 0.268. The minimum atomic E-state index is -3.26. The Morgan fingerprint density at radius 1 is 1.14 bits per heavy atom. The summed E-state index contributed by atoms with van der Waals surface area (Å²) in [5, 5.41) is 3.17. The summed E-state index contributed by atoms with van der Waals surface area (Å²) < 4.78 is 28.7. The van der Waals surface area contributed by atoms with Crippen LogP contribution in [0.25, 0.3) is 0 Å². The van der Waals surface area contributed by atoms with Crippen LogP contribution >= 0.6 is 11.8 Å². The minimum absolute atomic E-state index is 0.568. The summed E-state index contributed by atoms with van der Waals surface area (Å²) in [7, 11) is -1.31. The second-order valence-electron chi connectivity index (χ2n) is 5.71. The SMILES string of the molecule is CNCC1CCN(S(=O)(=O)NCCCCCCSC)CC1. The van der Waals surface area contributed by atoms with Crippen molar-refractivity contribution < 1.29 is 8.42 Å². The van der Waals surface area contributed by atoms with E-state index >= 15 is 0 Å². The quantitative estimate of drug-likeness (QED) is 0.563. The lowest BCUT2D eigenvalue weighted by Crippen LogP contribution is -2.46.